The normalized spacial score (nSPS) is 14.9. The zero-order valence-corrected chi connectivity index (χ0v) is 22.2. The predicted octanol–water partition coefficient (Wildman–Crippen LogP) is 4.30. The minimum Gasteiger partial charge on any atom is -0.494 e. The lowest BCUT2D eigenvalue weighted by atomic mass is 10.1. The molecule has 2 saturated carbocycles. The maximum absolute atomic E-state index is 12.2. The molecule has 4 N–H and O–H groups in total. The topological polar surface area (TPSA) is 133 Å². The highest BCUT2D eigenvalue weighted by Crippen LogP contribution is 2.63. The number of para-hydroxylation sites is 1. The van der Waals surface area contributed by atoms with Crippen LogP contribution in [0.1, 0.15) is 36.2 Å². The molecule has 1 aromatic carbocycles. The molecule has 0 bridgehead atoms. The van der Waals surface area contributed by atoms with Crippen LogP contribution in [0.15, 0.2) is 54.7 Å². The first-order chi connectivity index (χ1) is 18.5. The van der Waals surface area contributed by atoms with Gasteiger partial charge in [-0.15, -0.1) is 10.2 Å². The van der Waals surface area contributed by atoms with Crippen LogP contribution in [0.5, 0.6) is 5.75 Å². The van der Waals surface area contributed by atoms with E-state index in [4.69, 9.17) is 15.6 Å². The van der Waals surface area contributed by atoms with Crippen LogP contribution in [0.4, 0.5) is 23.0 Å². The Hall–Kier alpha value is -4.04. The van der Waals surface area contributed by atoms with E-state index in [9.17, 15) is 4.79 Å². The van der Waals surface area contributed by atoms with Crippen LogP contribution >= 0.6 is 7.92 Å². The van der Waals surface area contributed by atoms with Gasteiger partial charge in [0.05, 0.1) is 29.6 Å². The zero-order valence-electron chi connectivity index (χ0n) is 21.3. The number of pyridine rings is 1. The molecule has 1 amide bonds. The highest BCUT2D eigenvalue weighted by Gasteiger charge is 2.43. The molecule has 0 spiro atoms. The number of ether oxygens (including phenoxy) is 1. The van der Waals surface area contributed by atoms with Crippen LogP contribution in [0.3, 0.4) is 0 Å². The van der Waals surface area contributed by atoms with Crippen molar-refractivity contribution in [3.8, 4) is 17.0 Å². The van der Waals surface area contributed by atoms with Crippen molar-refractivity contribution in [2.75, 3.05) is 17.7 Å². The van der Waals surface area contributed by atoms with Crippen molar-refractivity contribution >= 4 is 42.3 Å². The van der Waals surface area contributed by atoms with Crippen molar-refractivity contribution in [3.05, 3.63) is 60.4 Å². The second-order valence-corrected chi connectivity index (χ2v) is 12.3. The largest absolute Gasteiger partial charge is 0.494 e. The van der Waals surface area contributed by atoms with Crippen LogP contribution in [-0.4, -0.2) is 49.3 Å². The number of amides is 1. The van der Waals surface area contributed by atoms with E-state index in [1.807, 2.05) is 43.4 Å². The number of hydrogen-bond donors (Lipinski definition) is 3. The summed E-state index contributed by atoms with van der Waals surface area (Å²) in [4.78, 5) is 16.4. The number of rotatable bonds is 10. The van der Waals surface area contributed by atoms with Gasteiger partial charge in [-0.05, 0) is 75.3 Å². The van der Waals surface area contributed by atoms with Gasteiger partial charge in [0.25, 0.3) is 5.91 Å². The first-order valence-corrected chi connectivity index (χ1v) is 14.1. The number of nitrogens with two attached hydrogens (primary N) is 1. The molecule has 0 saturated heterocycles. The van der Waals surface area contributed by atoms with Gasteiger partial charge in [0.1, 0.15) is 5.82 Å². The van der Waals surface area contributed by atoms with E-state index < -0.39 is 5.91 Å². The average molecular weight is 529 g/mol. The summed E-state index contributed by atoms with van der Waals surface area (Å²) in [7, 11) is 3.50. The van der Waals surface area contributed by atoms with Gasteiger partial charge in [0.15, 0.2) is 17.3 Å². The third-order valence-electron chi connectivity index (χ3n) is 6.71. The molecule has 0 radical (unpaired) electrons. The third kappa shape index (κ3) is 4.91. The van der Waals surface area contributed by atoms with Gasteiger partial charge in [-0.25, -0.2) is 4.98 Å². The van der Waals surface area contributed by atoms with Gasteiger partial charge in [0.2, 0.25) is 0 Å². The van der Waals surface area contributed by atoms with Gasteiger partial charge in [0, 0.05) is 24.9 Å². The summed E-state index contributed by atoms with van der Waals surface area (Å²) in [5.74, 6) is 0.935. The van der Waals surface area contributed by atoms with E-state index in [2.05, 4.69) is 36.6 Å². The Morgan fingerprint density at radius 2 is 1.79 bits per heavy atom. The molecular formula is C27H29N8O2P. The van der Waals surface area contributed by atoms with E-state index in [-0.39, 0.29) is 13.6 Å². The monoisotopic (exact) mass is 528 g/mol. The molecule has 38 heavy (non-hydrogen) atoms. The fraction of sp³-hybridized carbons (Fsp3) is 0.296. The molecule has 11 heteroatoms. The fourth-order valence-corrected chi connectivity index (χ4v) is 8.11. The van der Waals surface area contributed by atoms with E-state index >= 15 is 0 Å². The van der Waals surface area contributed by atoms with Crippen molar-refractivity contribution in [2.45, 2.75) is 37.0 Å². The minimum atomic E-state index is -0.692. The Morgan fingerprint density at radius 3 is 2.45 bits per heavy atom. The van der Waals surface area contributed by atoms with Crippen LogP contribution < -0.4 is 26.5 Å². The third-order valence-corrected chi connectivity index (χ3v) is 10.3. The van der Waals surface area contributed by atoms with Crippen molar-refractivity contribution in [2.24, 2.45) is 12.8 Å². The summed E-state index contributed by atoms with van der Waals surface area (Å²) < 4.78 is 7.93. The molecule has 2 aliphatic rings. The Balaban J connectivity index is 1.34. The molecule has 3 heterocycles. The summed E-state index contributed by atoms with van der Waals surface area (Å²) in [6.45, 7) is 0. The first-order valence-electron chi connectivity index (χ1n) is 12.6. The van der Waals surface area contributed by atoms with Crippen LogP contribution in [-0.2, 0) is 7.05 Å². The highest BCUT2D eigenvalue weighted by atomic mass is 31.1. The Bertz CT molecular complexity index is 1470. The zero-order chi connectivity index (χ0) is 26.2. The molecule has 0 unspecified atom stereocenters. The number of hydrogen-bond acceptors (Lipinski definition) is 8. The number of primary amides is 1. The molecule has 0 aliphatic heterocycles. The molecule has 2 aliphatic carbocycles. The van der Waals surface area contributed by atoms with E-state index in [1.165, 1.54) is 31.1 Å². The summed E-state index contributed by atoms with van der Waals surface area (Å²) in [5.41, 5.74) is 11.5. The number of aryl methyl sites for hydroxylation is 1. The average Bonchev–Trinajstić information content (AvgIpc) is 3.85. The number of methoxy groups -OCH3 is 1. The lowest BCUT2D eigenvalue weighted by molar-refractivity contribution is 0.0995. The van der Waals surface area contributed by atoms with E-state index in [0.29, 0.717) is 28.8 Å². The molecule has 2 fully saturated rings. The minimum absolute atomic E-state index is 0.0173. The molecule has 4 aromatic rings. The molecule has 10 nitrogen and oxygen atoms in total. The van der Waals surface area contributed by atoms with Gasteiger partial charge < -0.3 is 21.1 Å². The molecule has 6 rings (SSSR count). The lowest BCUT2D eigenvalue weighted by Crippen LogP contribution is -2.17. The second-order valence-electron chi connectivity index (χ2n) is 9.59. The standard InChI is InChI=1S/C27H29N8O2P/c1-35-24(38(16-9-10-16)17-11-12-17)15-20(34-35)18-6-5-7-19(26(18)37-2)30-21-14-23(32-33-25(21)27(28)36)31-22-8-3-4-13-29-22/h3-8,13-17H,9-12H2,1-2H3,(H2,28,36)(H2,29,30,31,32). The number of carbonyl (C=O) groups excluding carboxylic acids is 1. The van der Waals surface area contributed by atoms with Gasteiger partial charge in [-0.2, -0.15) is 5.10 Å². The van der Waals surface area contributed by atoms with Gasteiger partial charge >= 0.3 is 0 Å². The number of carbonyl (C=O) groups is 1. The summed E-state index contributed by atoms with van der Waals surface area (Å²) in [6.07, 6.45) is 7.02. The molecule has 0 atom stereocenters. The Morgan fingerprint density at radius 1 is 1.00 bits per heavy atom. The summed E-state index contributed by atoms with van der Waals surface area (Å²) in [5, 5.41) is 19.4. The lowest BCUT2D eigenvalue weighted by Gasteiger charge is -2.16. The van der Waals surface area contributed by atoms with Crippen LogP contribution in [0.2, 0.25) is 0 Å². The van der Waals surface area contributed by atoms with Crippen LogP contribution in [0.25, 0.3) is 11.3 Å². The number of aromatic nitrogens is 5. The maximum Gasteiger partial charge on any atom is 0.271 e. The van der Waals surface area contributed by atoms with E-state index in [0.717, 1.165) is 22.6 Å². The first kappa shape index (κ1) is 24.3. The SMILES string of the molecule is COc1c(Nc2cc(Nc3ccccn3)nnc2C(N)=O)cccc1-c1cc(P(C2CC2)C2CC2)n(C)n1. The second kappa shape index (κ2) is 10.0. The number of anilines is 4. The fourth-order valence-electron chi connectivity index (χ4n) is 4.71. The Labute approximate surface area is 221 Å². The number of benzene rings is 1. The maximum atomic E-state index is 12.2. The number of nitrogens with zero attached hydrogens (tertiary/aromatic N) is 5. The quantitative estimate of drug-likeness (QED) is 0.260. The smallest absolute Gasteiger partial charge is 0.271 e. The van der Waals surface area contributed by atoms with Crippen molar-refractivity contribution in [1.29, 1.82) is 0 Å². The van der Waals surface area contributed by atoms with Crippen molar-refractivity contribution in [3.63, 3.8) is 0 Å². The van der Waals surface area contributed by atoms with Crippen molar-refractivity contribution in [1.82, 2.24) is 25.0 Å². The Kier molecular flexibility index (Phi) is 6.41. The van der Waals surface area contributed by atoms with Gasteiger partial charge in [-0.1, -0.05) is 12.1 Å². The predicted molar refractivity (Wildman–Crippen MR) is 149 cm³/mol. The highest BCUT2D eigenvalue weighted by molar-refractivity contribution is 7.67. The van der Waals surface area contributed by atoms with Gasteiger partial charge in [-0.3, -0.25) is 9.48 Å². The molecule has 194 valence electrons. The van der Waals surface area contributed by atoms with Crippen LogP contribution in [0, 0.1) is 0 Å². The number of nitrogens with one attached hydrogen (secondary N) is 2. The van der Waals surface area contributed by atoms with E-state index in [1.54, 1.807) is 19.4 Å². The molecule has 3 aromatic heterocycles. The van der Waals surface area contributed by atoms with Crippen molar-refractivity contribution < 1.29 is 9.53 Å². The summed E-state index contributed by atoms with van der Waals surface area (Å²) in [6, 6.07) is 15.2. The summed E-state index contributed by atoms with van der Waals surface area (Å²) >= 11 is 0. The molecular weight excluding hydrogens is 499 g/mol.